The number of hydrogen-bond donors (Lipinski definition) is 2. The number of hydrogen-bond acceptors (Lipinski definition) is 4. The van der Waals surface area contributed by atoms with Crippen molar-refractivity contribution < 1.29 is 4.79 Å². The summed E-state index contributed by atoms with van der Waals surface area (Å²) in [7, 11) is 0. The first-order chi connectivity index (χ1) is 13.7. The van der Waals surface area contributed by atoms with Crippen LogP contribution in [0, 0.1) is 0 Å². The van der Waals surface area contributed by atoms with Gasteiger partial charge in [0.05, 0.1) is 5.69 Å². The molecule has 4 rings (SSSR count). The first kappa shape index (κ1) is 17.5. The second-order valence-corrected chi connectivity index (χ2v) is 6.29. The maximum absolute atomic E-state index is 11.1. The minimum Gasteiger partial charge on any atom is -0.326 e. The number of nitrogens with zero attached hydrogens (tertiary/aromatic N) is 3. The lowest BCUT2D eigenvalue weighted by Crippen LogP contribution is -2.05. The highest BCUT2D eigenvalue weighted by atomic mass is 16.1. The van der Waals surface area contributed by atoms with E-state index in [4.69, 9.17) is 0 Å². The van der Waals surface area contributed by atoms with Crippen molar-refractivity contribution in [1.29, 1.82) is 0 Å². The highest BCUT2D eigenvalue weighted by Crippen LogP contribution is 2.22. The fraction of sp³-hybridized carbons (Fsp3) is 0.0455. The Morgan fingerprint density at radius 3 is 2.25 bits per heavy atom. The highest BCUT2D eigenvalue weighted by molar-refractivity contribution is 5.88. The molecular weight excluding hydrogens is 350 g/mol. The normalized spacial score (nSPS) is 10.5. The zero-order valence-electron chi connectivity index (χ0n) is 15.3. The maximum atomic E-state index is 11.1. The molecule has 0 aliphatic heterocycles. The number of carbonyl (C=O) groups is 1. The van der Waals surface area contributed by atoms with Gasteiger partial charge in [0, 0.05) is 48.1 Å². The summed E-state index contributed by atoms with van der Waals surface area (Å²) in [5, 5.41) is 5.99. The maximum Gasteiger partial charge on any atom is 0.227 e. The molecule has 2 aromatic heterocycles. The zero-order chi connectivity index (χ0) is 19.3. The molecular formula is C22H19N5O. The molecule has 0 fully saturated rings. The molecule has 0 aliphatic rings. The third-order valence-corrected chi connectivity index (χ3v) is 4.18. The van der Waals surface area contributed by atoms with Gasteiger partial charge in [0.1, 0.15) is 0 Å². The summed E-state index contributed by atoms with van der Waals surface area (Å²) in [5.41, 5.74) is 4.50. The summed E-state index contributed by atoms with van der Waals surface area (Å²) in [4.78, 5) is 20.0. The predicted molar refractivity (Wildman–Crippen MR) is 111 cm³/mol. The van der Waals surface area contributed by atoms with Gasteiger partial charge in [0.25, 0.3) is 0 Å². The molecule has 4 aromatic rings. The van der Waals surface area contributed by atoms with Crippen LogP contribution in [0.15, 0.2) is 85.3 Å². The Morgan fingerprint density at radius 2 is 1.57 bits per heavy atom. The minimum absolute atomic E-state index is 0.0935. The second-order valence-electron chi connectivity index (χ2n) is 6.29. The van der Waals surface area contributed by atoms with Gasteiger partial charge in [0.2, 0.25) is 11.9 Å². The van der Waals surface area contributed by atoms with Crippen LogP contribution in [0.5, 0.6) is 0 Å². The van der Waals surface area contributed by atoms with Gasteiger partial charge < -0.3 is 15.2 Å². The van der Waals surface area contributed by atoms with Gasteiger partial charge in [-0.25, -0.2) is 9.97 Å². The van der Waals surface area contributed by atoms with E-state index in [1.165, 1.54) is 6.92 Å². The molecule has 0 aliphatic carbocycles. The molecule has 138 valence electrons. The smallest absolute Gasteiger partial charge is 0.227 e. The van der Waals surface area contributed by atoms with E-state index >= 15 is 0 Å². The summed E-state index contributed by atoms with van der Waals surface area (Å²) in [6.45, 7) is 1.49. The van der Waals surface area contributed by atoms with Gasteiger partial charge in [-0.1, -0.05) is 12.1 Å². The Morgan fingerprint density at radius 1 is 0.893 bits per heavy atom. The molecule has 0 saturated heterocycles. The van der Waals surface area contributed by atoms with Crippen molar-refractivity contribution in [3.05, 3.63) is 85.3 Å². The Hall–Kier alpha value is -3.93. The van der Waals surface area contributed by atoms with Crippen LogP contribution < -0.4 is 10.6 Å². The molecule has 0 spiro atoms. The Bertz CT molecular complexity index is 1070. The highest BCUT2D eigenvalue weighted by Gasteiger charge is 2.04. The third-order valence-electron chi connectivity index (χ3n) is 4.18. The van der Waals surface area contributed by atoms with E-state index in [1.54, 1.807) is 6.20 Å². The van der Waals surface area contributed by atoms with Crippen LogP contribution in [0.25, 0.3) is 16.9 Å². The summed E-state index contributed by atoms with van der Waals surface area (Å²) in [6, 6.07) is 21.4. The van der Waals surface area contributed by atoms with Crippen molar-refractivity contribution in [1.82, 2.24) is 14.5 Å². The Kier molecular flexibility index (Phi) is 4.84. The standard InChI is InChI=1S/C22H19N5O/c1-16(28)24-18-6-4-17(5-7-18)21-12-13-23-22(26-21)25-19-8-10-20(11-9-19)27-14-2-3-15-27/h2-15H,1H3,(H,24,28)(H,23,25,26). The predicted octanol–water partition coefficient (Wildman–Crippen LogP) is 4.64. The van der Waals surface area contributed by atoms with Crippen LogP contribution in [0.3, 0.4) is 0 Å². The van der Waals surface area contributed by atoms with Crippen molar-refractivity contribution in [2.45, 2.75) is 6.92 Å². The fourth-order valence-corrected chi connectivity index (χ4v) is 2.86. The van der Waals surface area contributed by atoms with Gasteiger partial charge in [-0.2, -0.15) is 0 Å². The average molecular weight is 369 g/mol. The van der Waals surface area contributed by atoms with Crippen LogP contribution in [-0.2, 0) is 4.79 Å². The third kappa shape index (κ3) is 4.07. The second kappa shape index (κ2) is 7.75. The van der Waals surface area contributed by atoms with E-state index in [2.05, 4.69) is 20.6 Å². The van der Waals surface area contributed by atoms with Crippen molar-refractivity contribution in [3.8, 4) is 16.9 Å². The van der Waals surface area contributed by atoms with E-state index in [0.717, 1.165) is 28.3 Å². The first-order valence-electron chi connectivity index (χ1n) is 8.89. The number of anilines is 3. The van der Waals surface area contributed by atoms with Crippen molar-refractivity contribution in [2.24, 2.45) is 0 Å². The van der Waals surface area contributed by atoms with Crippen LogP contribution in [0.2, 0.25) is 0 Å². The van der Waals surface area contributed by atoms with Crippen LogP contribution in [0.1, 0.15) is 6.92 Å². The summed E-state index contributed by atoms with van der Waals surface area (Å²) < 4.78 is 2.05. The van der Waals surface area contributed by atoms with Gasteiger partial charge in [0.15, 0.2) is 0 Å². The van der Waals surface area contributed by atoms with Crippen molar-refractivity contribution in [2.75, 3.05) is 10.6 Å². The number of benzene rings is 2. The Labute approximate surface area is 162 Å². The summed E-state index contributed by atoms with van der Waals surface area (Å²) >= 11 is 0. The quantitative estimate of drug-likeness (QED) is 0.538. The monoisotopic (exact) mass is 369 g/mol. The van der Waals surface area contributed by atoms with E-state index in [-0.39, 0.29) is 5.91 Å². The lowest BCUT2D eigenvalue weighted by Gasteiger charge is -2.09. The van der Waals surface area contributed by atoms with Crippen LogP contribution >= 0.6 is 0 Å². The molecule has 0 atom stereocenters. The number of aromatic nitrogens is 3. The topological polar surface area (TPSA) is 71.8 Å². The molecule has 0 bridgehead atoms. The largest absolute Gasteiger partial charge is 0.326 e. The number of amides is 1. The van der Waals surface area contributed by atoms with Gasteiger partial charge in [-0.05, 0) is 54.6 Å². The fourth-order valence-electron chi connectivity index (χ4n) is 2.86. The Balaban J connectivity index is 1.50. The van der Waals surface area contributed by atoms with E-state index in [9.17, 15) is 4.79 Å². The van der Waals surface area contributed by atoms with Crippen molar-refractivity contribution >= 4 is 23.2 Å². The lowest BCUT2D eigenvalue weighted by atomic mass is 10.1. The SMILES string of the molecule is CC(=O)Nc1ccc(-c2ccnc(Nc3ccc(-n4cccc4)cc3)n2)cc1. The minimum atomic E-state index is -0.0935. The summed E-state index contributed by atoms with van der Waals surface area (Å²) in [5.74, 6) is 0.432. The average Bonchev–Trinajstić information content (AvgIpc) is 3.24. The van der Waals surface area contributed by atoms with E-state index in [0.29, 0.717) is 5.95 Å². The molecule has 2 N–H and O–H groups in total. The molecule has 28 heavy (non-hydrogen) atoms. The molecule has 0 saturated carbocycles. The number of carbonyl (C=O) groups excluding carboxylic acids is 1. The number of rotatable bonds is 5. The lowest BCUT2D eigenvalue weighted by molar-refractivity contribution is -0.114. The zero-order valence-corrected chi connectivity index (χ0v) is 15.3. The first-order valence-corrected chi connectivity index (χ1v) is 8.89. The van der Waals surface area contributed by atoms with Gasteiger partial charge in [-0.15, -0.1) is 0 Å². The van der Waals surface area contributed by atoms with E-state index < -0.39 is 0 Å². The van der Waals surface area contributed by atoms with Crippen molar-refractivity contribution in [3.63, 3.8) is 0 Å². The van der Waals surface area contributed by atoms with E-state index in [1.807, 2.05) is 83.7 Å². The van der Waals surface area contributed by atoms with Gasteiger partial charge >= 0.3 is 0 Å². The molecule has 6 heteroatoms. The number of nitrogens with one attached hydrogen (secondary N) is 2. The molecule has 2 heterocycles. The molecule has 0 radical (unpaired) electrons. The molecule has 2 aromatic carbocycles. The van der Waals surface area contributed by atoms with Crippen LogP contribution in [0.4, 0.5) is 17.3 Å². The summed E-state index contributed by atoms with van der Waals surface area (Å²) in [6.07, 6.45) is 5.74. The van der Waals surface area contributed by atoms with Crippen LogP contribution in [-0.4, -0.2) is 20.4 Å². The molecule has 6 nitrogen and oxygen atoms in total. The molecule has 1 amide bonds. The van der Waals surface area contributed by atoms with Gasteiger partial charge in [-0.3, -0.25) is 4.79 Å². The molecule has 0 unspecified atom stereocenters.